The van der Waals surface area contributed by atoms with Gasteiger partial charge in [0.05, 0.1) is 6.54 Å². The molecule has 0 aliphatic carbocycles. The smallest absolute Gasteiger partial charge is 0.319 e. The van der Waals surface area contributed by atoms with Gasteiger partial charge in [0, 0.05) is 23.1 Å². The first-order chi connectivity index (χ1) is 16.2. The van der Waals surface area contributed by atoms with Gasteiger partial charge in [-0.05, 0) is 55.8 Å². The van der Waals surface area contributed by atoms with Crippen molar-refractivity contribution in [1.82, 2.24) is 5.32 Å². The van der Waals surface area contributed by atoms with Crippen molar-refractivity contribution >= 4 is 34.9 Å². The molecule has 9 heteroatoms. The molecule has 0 radical (unpaired) electrons. The molecular weight excluding hydrogens is 442 g/mol. The summed E-state index contributed by atoms with van der Waals surface area (Å²) in [7, 11) is 0. The molecule has 0 aromatic heterocycles. The van der Waals surface area contributed by atoms with E-state index >= 15 is 0 Å². The first-order valence-electron chi connectivity index (χ1n) is 10.5. The van der Waals surface area contributed by atoms with Gasteiger partial charge in [0.2, 0.25) is 11.8 Å². The number of benzene rings is 3. The Balaban J connectivity index is 1.70. The zero-order chi connectivity index (χ0) is 24.7. The van der Waals surface area contributed by atoms with Crippen LogP contribution in [-0.4, -0.2) is 30.4 Å². The molecule has 34 heavy (non-hydrogen) atoms. The lowest BCUT2D eigenvalue weighted by Gasteiger charge is -2.28. The number of anilines is 3. The second-order valence-corrected chi connectivity index (χ2v) is 7.57. The number of aryl methyl sites for hydroxylation is 1. The number of amides is 4. The Bertz CT molecular complexity index is 1190. The monoisotopic (exact) mass is 466 g/mol. The average molecular weight is 466 g/mol. The van der Waals surface area contributed by atoms with Gasteiger partial charge in [-0.25, -0.2) is 13.6 Å². The fourth-order valence-electron chi connectivity index (χ4n) is 3.25. The van der Waals surface area contributed by atoms with Crippen molar-refractivity contribution in [3.63, 3.8) is 0 Å². The SMILES string of the molecule is Cc1cccc(NC(=O)NCC(=O)N(c2ccccc2)C(C)C(=O)Nc2ccc(F)c(F)c2)c1. The minimum Gasteiger partial charge on any atom is -0.329 e. The number of halogens is 2. The Morgan fingerprint density at radius 3 is 2.24 bits per heavy atom. The molecule has 0 bridgehead atoms. The van der Waals surface area contributed by atoms with E-state index in [9.17, 15) is 23.2 Å². The van der Waals surface area contributed by atoms with Gasteiger partial charge in [0.15, 0.2) is 11.6 Å². The molecular formula is C25H24F2N4O3. The van der Waals surface area contributed by atoms with Crippen LogP contribution in [0.5, 0.6) is 0 Å². The van der Waals surface area contributed by atoms with E-state index in [1.165, 1.54) is 17.9 Å². The van der Waals surface area contributed by atoms with E-state index in [0.717, 1.165) is 17.7 Å². The third-order valence-electron chi connectivity index (χ3n) is 4.93. The van der Waals surface area contributed by atoms with Crippen molar-refractivity contribution in [1.29, 1.82) is 0 Å². The summed E-state index contributed by atoms with van der Waals surface area (Å²) in [6, 6.07) is 17.0. The van der Waals surface area contributed by atoms with Crippen LogP contribution in [0.15, 0.2) is 72.8 Å². The van der Waals surface area contributed by atoms with Crippen LogP contribution in [0.2, 0.25) is 0 Å². The van der Waals surface area contributed by atoms with Crippen molar-refractivity contribution < 1.29 is 23.2 Å². The quantitative estimate of drug-likeness (QED) is 0.480. The molecule has 3 N–H and O–H groups in total. The Labute approximate surface area is 195 Å². The molecule has 1 atom stereocenters. The Morgan fingerprint density at radius 2 is 1.56 bits per heavy atom. The summed E-state index contributed by atoms with van der Waals surface area (Å²) in [5.74, 6) is -3.31. The zero-order valence-electron chi connectivity index (χ0n) is 18.6. The first-order valence-corrected chi connectivity index (χ1v) is 10.5. The van der Waals surface area contributed by atoms with E-state index in [-0.39, 0.29) is 12.2 Å². The summed E-state index contributed by atoms with van der Waals surface area (Å²) in [4.78, 5) is 39.3. The van der Waals surface area contributed by atoms with Crippen LogP contribution in [0, 0.1) is 18.6 Å². The number of nitrogens with one attached hydrogen (secondary N) is 3. The third-order valence-corrected chi connectivity index (χ3v) is 4.93. The standard InChI is InChI=1S/C25H24F2N4O3/c1-16-7-6-8-18(13-16)30-25(34)28-15-23(32)31(20-9-4-3-5-10-20)17(2)24(33)29-19-11-12-21(26)22(27)14-19/h3-14,17H,15H2,1-2H3,(H,29,33)(H2,28,30,34). The minimum absolute atomic E-state index is 0.0480. The molecule has 4 amide bonds. The fourth-order valence-corrected chi connectivity index (χ4v) is 3.25. The molecule has 0 aliphatic rings. The van der Waals surface area contributed by atoms with E-state index in [1.807, 2.05) is 13.0 Å². The molecule has 0 saturated heterocycles. The summed E-state index contributed by atoms with van der Waals surface area (Å²) in [6.45, 7) is 3.00. The molecule has 1 unspecified atom stereocenters. The lowest BCUT2D eigenvalue weighted by Crippen LogP contribution is -2.50. The molecule has 3 aromatic rings. The molecule has 3 aromatic carbocycles. The summed E-state index contributed by atoms with van der Waals surface area (Å²) < 4.78 is 26.7. The third kappa shape index (κ3) is 6.38. The maximum Gasteiger partial charge on any atom is 0.319 e. The number of urea groups is 1. The average Bonchev–Trinajstić information content (AvgIpc) is 2.81. The number of hydrogen-bond acceptors (Lipinski definition) is 3. The number of para-hydroxylation sites is 1. The van der Waals surface area contributed by atoms with Gasteiger partial charge in [-0.15, -0.1) is 0 Å². The van der Waals surface area contributed by atoms with Gasteiger partial charge in [-0.1, -0.05) is 30.3 Å². The number of hydrogen-bond donors (Lipinski definition) is 3. The number of nitrogens with zero attached hydrogens (tertiary/aromatic N) is 1. The Hall–Kier alpha value is -4.27. The molecule has 176 valence electrons. The second kappa shape index (κ2) is 11.0. The fraction of sp³-hybridized carbons (Fsp3) is 0.160. The highest BCUT2D eigenvalue weighted by atomic mass is 19.2. The minimum atomic E-state index is -1.11. The number of rotatable bonds is 7. The van der Waals surface area contributed by atoms with Crippen LogP contribution >= 0.6 is 0 Å². The zero-order valence-corrected chi connectivity index (χ0v) is 18.6. The number of carbonyl (C=O) groups is 3. The topological polar surface area (TPSA) is 90.5 Å². The molecule has 0 heterocycles. The van der Waals surface area contributed by atoms with Crippen molar-refractivity contribution in [3.05, 3.63) is 90.0 Å². The molecule has 0 saturated carbocycles. The predicted molar refractivity (Wildman–Crippen MR) is 127 cm³/mol. The lowest BCUT2D eigenvalue weighted by atomic mass is 10.2. The Morgan fingerprint density at radius 1 is 0.853 bits per heavy atom. The van der Waals surface area contributed by atoms with Crippen molar-refractivity contribution in [2.45, 2.75) is 19.9 Å². The first kappa shape index (κ1) is 24.4. The summed E-state index contributed by atoms with van der Waals surface area (Å²) in [5.41, 5.74) is 2.02. The normalized spacial score (nSPS) is 11.3. The molecule has 0 fully saturated rings. The highest BCUT2D eigenvalue weighted by molar-refractivity contribution is 6.06. The Kier molecular flexibility index (Phi) is 7.92. The summed E-state index contributed by atoms with van der Waals surface area (Å²) >= 11 is 0. The van der Waals surface area contributed by atoms with Gasteiger partial charge in [0.1, 0.15) is 6.04 Å². The molecule has 0 spiro atoms. The van der Waals surface area contributed by atoms with Crippen molar-refractivity contribution in [2.24, 2.45) is 0 Å². The van der Waals surface area contributed by atoms with Crippen LogP contribution in [-0.2, 0) is 9.59 Å². The van der Waals surface area contributed by atoms with Gasteiger partial charge < -0.3 is 16.0 Å². The maximum atomic E-state index is 13.5. The maximum absolute atomic E-state index is 13.5. The van der Waals surface area contributed by atoms with E-state index in [4.69, 9.17) is 0 Å². The van der Waals surface area contributed by atoms with Gasteiger partial charge >= 0.3 is 6.03 Å². The highest BCUT2D eigenvalue weighted by Crippen LogP contribution is 2.19. The van der Waals surface area contributed by atoms with Crippen LogP contribution in [0.25, 0.3) is 0 Å². The van der Waals surface area contributed by atoms with Gasteiger partial charge in [-0.3, -0.25) is 14.5 Å². The molecule has 3 rings (SSSR count). The highest BCUT2D eigenvalue weighted by Gasteiger charge is 2.28. The van der Waals surface area contributed by atoms with Crippen molar-refractivity contribution in [2.75, 3.05) is 22.1 Å². The van der Waals surface area contributed by atoms with Crippen LogP contribution in [0.4, 0.5) is 30.6 Å². The van der Waals surface area contributed by atoms with E-state index in [0.29, 0.717) is 11.4 Å². The van der Waals surface area contributed by atoms with Crippen LogP contribution in [0.1, 0.15) is 12.5 Å². The largest absolute Gasteiger partial charge is 0.329 e. The second-order valence-electron chi connectivity index (χ2n) is 7.57. The van der Waals surface area contributed by atoms with E-state index < -0.39 is 35.5 Å². The van der Waals surface area contributed by atoms with Gasteiger partial charge in [-0.2, -0.15) is 0 Å². The van der Waals surface area contributed by atoms with E-state index in [2.05, 4.69) is 16.0 Å². The van der Waals surface area contributed by atoms with Crippen molar-refractivity contribution in [3.8, 4) is 0 Å². The van der Waals surface area contributed by atoms with E-state index in [1.54, 1.807) is 48.5 Å². The number of carbonyl (C=O) groups excluding carboxylic acids is 3. The summed E-state index contributed by atoms with van der Waals surface area (Å²) in [6.07, 6.45) is 0. The van der Waals surface area contributed by atoms with Gasteiger partial charge in [0.25, 0.3) is 0 Å². The van der Waals surface area contributed by atoms with Crippen LogP contribution < -0.4 is 20.9 Å². The molecule has 7 nitrogen and oxygen atoms in total. The van der Waals surface area contributed by atoms with Crippen LogP contribution in [0.3, 0.4) is 0 Å². The summed E-state index contributed by atoms with van der Waals surface area (Å²) in [5, 5.41) is 7.62. The predicted octanol–water partition coefficient (Wildman–Crippen LogP) is 4.46. The molecule has 0 aliphatic heterocycles. The lowest BCUT2D eigenvalue weighted by molar-refractivity contribution is -0.122.